The molecular weight excluding hydrogens is 264 g/mol. The summed E-state index contributed by atoms with van der Waals surface area (Å²) in [6.07, 6.45) is 3.25. The van der Waals surface area contributed by atoms with E-state index in [1.807, 2.05) is 38.8 Å². The lowest BCUT2D eigenvalue weighted by Gasteiger charge is -2.20. The van der Waals surface area contributed by atoms with Gasteiger partial charge in [-0.25, -0.2) is 0 Å². The van der Waals surface area contributed by atoms with Crippen molar-refractivity contribution in [3.05, 3.63) is 40.5 Å². The average Bonchev–Trinajstić information content (AvgIpc) is 2.90. The summed E-state index contributed by atoms with van der Waals surface area (Å²) >= 11 is 0. The fourth-order valence-corrected chi connectivity index (χ4v) is 2.45. The van der Waals surface area contributed by atoms with Crippen LogP contribution in [0.1, 0.15) is 42.0 Å². The second kappa shape index (κ2) is 6.40. The molecule has 5 nitrogen and oxygen atoms in total. The lowest BCUT2D eigenvalue weighted by molar-refractivity contribution is 0.529. The number of nitriles is 1. The van der Waals surface area contributed by atoms with E-state index in [-0.39, 0.29) is 0 Å². The van der Waals surface area contributed by atoms with Crippen LogP contribution in [0.5, 0.6) is 0 Å². The Morgan fingerprint density at radius 1 is 1.29 bits per heavy atom. The molecule has 0 saturated carbocycles. The summed E-state index contributed by atoms with van der Waals surface area (Å²) in [4.78, 5) is 1.95. The van der Waals surface area contributed by atoms with Gasteiger partial charge in [-0.2, -0.15) is 10.4 Å². The largest absolute Gasteiger partial charge is 0.469 e. The molecule has 0 aliphatic heterocycles. The third kappa shape index (κ3) is 2.89. The molecule has 0 aliphatic rings. The quantitative estimate of drug-likeness (QED) is 0.844. The molecule has 0 N–H and O–H groups in total. The summed E-state index contributed by atoms with van der Waals surface area (Å²) < 4.78 is 5.31. The van der Waals surface area contributed by atoms with Gasteiger partial charge in [0, 0.05) is 19.2 Å². The van der Waals surface area contributed by atoms with E-state index < -0.39 is 0 Å². The number of hydrogen-bond acceptors (Lipinski definition) is 5. The van der Waals surface area contributed by atoms with Crippen molar-refractivity contribution in [2.75, 3.05) is 11.9 Å². The Bertz CT molecular complexity index is 669. The van der Waals surface area contributed by atoms with Crippen molar-refractivity contribution in [3.8, 4) is 6.07 Å². The van der Waals surface area contributed by atoms with Crippen LogP contribution in [0.4, 0.5) is 5.82 Å². The normalized spacial score (nSPS) is 10.4. The van der Waals surface area contributed by atoms with Gasteiger partial charge >= 0.3 is 0 Å². The third-order valence-electron chi connectivity index (χ3n) is 3.67. The Kier molecular flexibility index (Phi) is 4.59. The Balaban J connectivity index is 2.39. The summed E-state index contributed by atoms with van der Waals surface area (Å²) in [6, 6.07) is 4.23. The van der Waals surface area contributed by atoms with Crippen LogP contribution >= 0.6 is 0 Å². The molecule has 2 aromatic rings. The average molecular weight is 284 g/mol. The number of rotatable bonds is 5. The molecule has 2 rings (SSSR count). The topological polar surface area (TPSA) is 66.0 Å². The van der Waals surface area contributed by atoms with Gasteiger partial charge in [-0.15, -0.1) is 5.10 Å². The first-order valence-corrected chi connectivity index (χ1v) is 7.14. The van der Waals surface area contributed by atoms with Crippen LogP contribution in [0, 0.1) is 18.3 Å². The van der Waals surface area contributed by atoms with Crippen molar-refractivity contribution in [1.29, 1.82) is 5.26 Å². The smallest absolute Gasteiger partial charge is 0.169 e. The molecule has 0 saturated heterocycles. The molecular formula is C16H20N4O. The monoisotopic (exact) mass is 284 g/mol. The van der Waals surface area contributed by atoms with E-state index in [0.29, 0.717) is 17.9 Å². The number of furan rings is 1. The van der Waals surface area contributed by atoms with Crippen molar-refractivity contribution in [1.82, 2.24) is 10.2 Å². The number of aryl methyl sites for hydroxylation is 2. The number of anilines is 1. The van der Waals surface area contributed by atoms with Gasteiger partial charge in [0.05, 0.1) is 12.0 Å². The molecule has 110 valence electrons. The Morgan fingerprint density at radius 3 is 2.57 bits per heavy atom. The Labute approximate surface area is 125 Å². The van der Waals surface area contributed by atoms with Crippen molar-refractivity contribution in [2.24, 2.45) is 0 Å². The maximum atomic E-state index is 9.52. The predicted molar refractivity (Wildman–Crippen MR) is 81.1 cm³/mol. The van der Waals surface area contributed by atoms with Gasteiger partial charge in [0.2, 0.25) is 0 Å². The maximum absolute atomic E-state index is 9.52. The van der Waals surface area contributed by atoms with Crippen molar-refractivity contribution in [3.63, 3.8) is 0 Å². The predicted octanol–water partition coefficient (Wildman–Crippen LogP) is 3.01. The highest BCUT2D eigenvalue weighted by atomic mass is 16.3. The van der Waals surface area contributed by atoms with Gasteiger partial charge in [0.15, 0.2) is 5.82 Å². The summed E-state index contributed by atoms with van der Waals surface area (Å²) in [5, 5.41) is 18.1. The first-order valence-electron chi connectivity index (χ1n) is 7.14. The van der Waals surface area contributed by atoms with Crippen LogP contribution in [-0.2, 0) is 19.4 Å². The molecule has 0 amide bonds. The molecule has 0 aromatic carbocycles. The van der Waals surface area contributed by atoms with Crippen LogP contribution in [0.3, 0.4) is 0 Å². The highest BCUT2D eigenvalue weighted by Gasteiger charge is 2.18. The number of hydrogen-bond donors (Lipinski definition) is 0. The van der Waals surface area contributed by atoms with Crippen LogP contribution in [0.25, 0.3) is 0 Å². The van der Waals surface area contributed by atoms with Gasteiger partial charge in [0.25, 0.3) is 0 Å². The van der Waals surface area contributed by atoms with E-state index in [2.05, 4.69) is 16.3 Å². The van der Waals surface area contributed by atoms with E-state index >= 15 is 0 Å². The summed E-state index contributed by atoms with van der Waals surface area (Å²) in [7, 11) is 1.92. The summed E-state index contributed by atoms with van der Waals surface area (Å²) in [6.45, 7) is 6.64. The molecule has 0 atom stereocenters. The van der Waals surface area contributed by atoms with E-state index in [0.717, 1.165) is 35.4 Å². The van der Waals surface area contributed by atoms with Gasteiger partial charge < -0.3 is 9.32 Å². The third-order valence-corrected chi connectivity index (χ3v) is 3.67. The lowest BCUT2D eigenvalue weighted by atomic mass is 10.0. The molecule has 0 radical (unpaired) electrons. The van der Waals surface area contributed by atoms with Gasteiger partial charge in [0.1, 0.15) is 17.4 Å². The molecule has 2 heterocycles. The highest BCUT2D eigenvalue weighted by Crippen LogP contribution is 2.24. The lowest BCUT2D eigenvalue weighted by Crippen LogP contribution is -2.21. The molecule has 0 spiro atoms. The van der Waals surface area contributed by atoms with Gasteiger partial charge in [-0.05, 0) is 31.4 Å². The van der Waals surface area contributed by atoms with Crippen molar-refractivity contribution in [2.45, 2.75) is 40.2 Å². The van der Waals surface area contributed by atoms with Crippen LogP contribution in [0.15, 0.2) is 16.7 Å². The SMILES string of the molecule is CCc1nnc(N(C)Cc2ccoc2C)c(C#N)c1CC. The highest BCUT2D eigenvalue weighted by molar-refractivity contribution is 5.58. The molecule has 0 bridgehead atoms. The van der Waals surface area contributed by atoms with E-state index in [1.165, 1.54) is 0 Å². The second-order valence-corrected chi connectivity index (χ2v) is 5.00. The fraction of sp³-hybridized carbons (Fsp3) is 0.438. The zero-order chi connectivity index (χ0) is 15.4. The first kappa shape index (κ1) is 15.0. The minimum atomic E-state index is 0.632. The van der Waals surface area contributed by atoms with Gasteiger partial charge in [-0.1, -0.05) is 13.8 Å². The van der Waals surface area contributed by atoms with Crippen LogP contribution < -0.4 is 4.90 Å². The minimum Gasteiger partial charge on any atom is -0.469 e. The van der Waals surface area contributed by atoms with Gasteiger partial charge in [-0.3, -0.25) is 0 Å². The maximum Gasteiger partial charge on any atom is 0.169 e. The Morgan fingerprint density at radius 2 is 2.05 bits per heavy atom. The standard InChI is InChI=1S/C16H20N4O/c1-5-13-14(9-17)16(19-18-15(13)6-2)20(4)10-12-7-8-21-11(12)3/h7-8H,5-6,10H2,1-4H3. The van der Waals surface area contributed by atoms with Crippen LogP contribution in [-0.4, -0.2) is 17.2 Å². The molecule has 21 heavy (non-hydrogen) atoms. The number of aromatic nitrogens is 2. The van der Waals surface area contributed by atoms with Crippen molar-refractivity contribution >= 4 is 5.82 Å². The molecule has 0 fully saturated rings. The second-order valence-electron chi connectivity index (χ2n) is 5.00. The van der Waals surface area contributed by atoms with E-state index in [1.54, 1.807) is 6.26 Å². The van der Waals surface area contributed by atoms with E-state index in [4.69, 9.17) is 4.42 Å². The number of nitrogens with zero attached hydrogens (tertiary/aromatic N) is 4. The van der Waals surface area contributed by atoms with Crippen molar-refractivity contribution < 1.29 is 4.42 Å². The first-order chi connectivity index (χ1) is 10.1. The summed E-state index contributed by atoms with van der Waals surface area (Å²) in [5.41, 5.74) is 3.63. The molecule has 0 unspecified atom stereocenters. The minimum absolute atomic E-state index is 0.632. The molecule has 0 aliphatic carbocycles. The molecule has 5 heteroatoms. The van der Waals surface area contributed by atoms with Crippen LogP contribution in [0.2, 0.25) is 0 Å². The Hall–Kier alpha value is -2.35. The van der Waals surface area contributed by atoms with E-state index in [9.17, 15) is 5.26 Å². The zero-order valence-electron chi connectivity index (χ0n) is 13.0. The fourth-order valence-electron chi connectivity index (χ4n) is 2.45. The molecule has 2 aromatic heterocycles. The summed E-state index contributed by atoms with van der Waals surface area (Å²) in [5.74, 6) is 1.52. The zero-order valence-corrected chi connectivity index (χ0v) is 13.0.